The number of carbonyl (C=O) groups excluding carboxylic acids is 1. The molecular formula is C14H11ClN2O5. The summed E-state index contributed by atoms with van der Waals surface area (Å²) < 4.78 is 4.99. The van der Waals surface area contributed by atoms with E-state index < -0.39 is 16.6 Å². The highest BCUT2D eigenvalue weighted by Crippen LogP contribution is 2.29. The van der Waals surface area contributed by atoms with Gasteiger partial charge in [-0.1, -0.05) is 11.6 Å². The van der Waals surface area contributed by atoms with Gasteiger partial charge in [0.25, 0.3) is 11.6 Å². The number of nitro benzene ring substituents is 1. The van der Waals surface area contributed by atoms with Gasteiger partial charge in [0.2, 0.25) is 0 Å². The molecular weight excluding hydrogens is 312 g/mol. The average Bonchev–Trinajstić information content (AvgIpc) is 2.48. The Morgan fingerprint density at radius 3 is 2.59 bits per heavy atom. The molecule has 2 aromatic rings. The second-order valence-electron chi connectivity index (χ2n) is 4.26. The van der Waals surface area contributed by atoms with Crippen LogP contribution in [0.15, 0.2) is 36.4 Å². The molecule has 8 heteroatoms. The molecule has 0 bridgehead atoms. The molecule has 1 amide bonds. The fraction of sp³-hybridized carbons (Fsp3) is 0.0714. The number of amides is 1. The van der Waals surface area contributed by atoms with Gasteiger partial charge in [-0.25, -0.2) is 0 Å². The van der Waals surface area contributed by atoms with Crippen LogP contribution in [0.1, 0.15) is 10.4 Å². The highest BCUT2D eigenvalue weighted by molar-refractivity contribution is 6.32. The number of nitrogens with zero attached hydrogens (tertiary/aromatic N) is 1. The molecule has 0 radical (unpaired) electrons. The molecule has 2 aromatic carbocycles. The van der Waals surface area contributed by atoms with Crippen molar-refractivity contribution in [2.24, 2.45) is 0 Å². The Morgan fingerprint density at radius 1 is 1.32 bits per heavy atom. The van der Waals surface area contributed by atoms with Crippen molar-refractivity contribution >= 4 is 28.9 Å². The van der Waals surface area contributed by atoms with Crippen LogP contribution in [0.5, 0.6) is 11.5 Å². The van der Waals surface area contributed by atoms with Gasteiger partial charge in [0.15, 0.2) is 0 Å². The SMILES string of the molecule is COc1ccc(C(=O)Nc2ccc([N+](=O)[O-])cc2O)cc1Cl. The van der Waals surface area contributed by atoms with Crippen molar-refractivity contribution in [1.82, 2.24) is 0 Å². The van der Waals surface area contributed by atoms with Crippen molar-refractivity contribution in [3.05, 3.63) is 57.1 Å². The van der Waals surface area contributed by atoms with Crippen molar-refractivity contribution in [3.8, 4) is 11.5 Å². The van der Waals surface area contributed by atoms with Crippen molar-refractivity contribution in [3.63, 3.8) is 0 Å². The summed E-state index contributed by atoms with van der Waals surface area (Å²) >= 11 is 5.93. The molecule has 2 N–H and O–H groups in total. The van der Waals surface area contributed by atoms with Crippen LogP contribution in [-0.4, -0.2) is 23.0 Å². The van der Waals surface area contributed by atoms with E-state index in [0.717, 1.165) is 6.07 Å². The van der Waals surface area contributed by atoms with Crippen LogP contribution in [0.4, 0.5) is 11.4 Å². The van der Waals surface area contributed by atoms with Gasteiger partial charge in [0.1, 0.15) is 11.5 Å². The molecule has 0 aliphatic carbocycles. The number of halogens is 1. The lowest BCUT2D eigenvalue weighted by atomic mass is 10.2. The van der Waals surface area contributed by atoms with Gasteiger partial charge in [0, 0.05) is 11.6 Å². The van der Waals surface area contributed by atoms with Crippen LogP contribution < -0.4 is 10.1 Å². The summed E-state index contributed by atoms with van der Waals surface area (Å²) in [6, 6.07) is 7.83. The Morgan fingerprint density at radius 2 is 2.05 bits per heavy atom. The summed E-state index contributed by atoms with van der Waals surface area (Å²) in [5.74, 6) is -0.493. The Kier molecular flexibility index (Phi) is 4.47. The van der Waals surface area contributed by atoms with Crippen molar-refractivity contribution < 1.29 is 19.6 Å². The second-order valence-corrected chi connectivity index (χ2v) is 4.67. The molecule has 0 atom stereocenters. The van der Waals surface area contributed by atoms with Crippen LogP contribution in [0.2, 0.25) is 5.02 Å². The lowest BCUT2D eigenvalue weighted by Gasteiger charge is -2.08. The number of benzene rings is 2. The molecule has 0 unspecified atom stereocenters. The number of phenols is 1. The number of aromatic hydroxyl groups is 1. The number of hydrogen-bond donors (Lipinski definition) is 2. The third-order valence-corrected chi connectivity index (χ3v) is 3.15. The van der Waals surface area contributed by atoms with Gasteiger partial charge >= 0.3 is 0 Å². The van der Waals surface area contributed by atoms with E-state index in [1.54, 1.807) is 0 Å². The predicted octanol–water partition coefficient (Wildman–Crippen LogP) is 3.21. The number of non-ortho nitro benzene ring substituents is 1. The van der Waals surface area contributed by atoms with Gasteiger partial charge in [-0.05, 0) is 24.3 Å². The number of nitro groups is 1. The maximum absolute atomic E-state index is 12.1. The molecule has 0 spiro atoms. The number of rotatable bonds is 4. The smallest absolute Gasteiger partial charge is 0.273 e. The van der Waals surface area contributed by atoms with E-state index in [9.17, 15) is 20.0 Å². The van der Waals surface area contributed by atoms with Crippen LogP contribution in [0.3, 0.4) is 0 Å². The summed E-state index contributed by atoms with van der Waals surface area (Å²) in [6.45, 7) is 0. The van der Waals surface area contributed by atoms with E-state index in [0.29, 0.717) is 5.75 Å². The Labute approximate surface area is 130 Å². The average molecular weight is 323 g/mol. The normalized spacial score (nSPS) is 10.1. The number of methoxy groups -OCH3 is 1. The van der Waals surface area contributed by atoms with Crippen LogP contribution in [-0.2, 0) is 0 Å². The fourth-order valence-corrected chi connectivity index (χ4v) is 2.00. The maximum atomic E-state index is 12.1. The Balaban J connectivity index is 2.22. The molecule has 0 aromatic heterocycles. The second kappa shape index (κ2) is 6.31. The van der Waals surface area contributed by atoms with Crippen LogP contribution in [0.25, 0.3) is 0 Å². The first-order valence-electron chi connectivity index (χ1n) is 6.04. The molecule has 0 saturated carbocycles. The minimum atomic E-state index is -0.644. The summed E-state index contributed by atoms with van der Waals surface area (Å²) in [4.78, 5) is 22.0. The van der Waals surface area contributed by atoms with Crippen LogP contribution >= 0.6 is 11.6 Å². The third kappa shape index (κ3) is 3.26. The number of nitrogens with one attached hydrogen (secondary N) is 1. The quantitative estimate of drug-likeness (QED) is 0.511. The lowest BCUT2D eigenvalue weighted by Crippen LogP contribution is -2.12. The molecule has 0 heterocycles. The van der Waals surface area contributed by atoms with E-state index in [4.69, 9.17) is 16.3 Å². The van der Waals surface area contributed by atoms with Crippen molar-refractivity contribution in [1.29, 1.82) is 0 Å². The zero-order valence-electron chi connectivity index (χ0n) is 11.4. The van der Waals surface area contributed by atoms with E-state index in [2.05, 4.69) is 5.32 Å². The number of carbonyl (C=O) groups is 1. The Hall–Kier alpha value is -2.80. The third-order valence-electron chi connectivity index (χ3n) is 2.85. The van der Waals surface area contributed by atoms with Gasteiger partial charge in [-0.3, -0.25) is 14.9 Å². The van der Waals surface area contributed by atoms with E-state index >= 15 is 0 Å². The summed E-state index contributed by atoms with van der Waals surface area (Å²) in [5.41, 5.74) is 0.0362. The zero-order chi connectivity index (χ0) is 16.3. The van der Waals surface area contributed by atoms with Gasteiger partial charge < -0.3 is 15.2 Å². The first-order valence-corrected chi connectivity index (χ1v) is 6.42. The molecule has 0 aliphatic rings. The molecule has 2 rings (SSSR count). The Bertz CT molecular complexity index is 748. The highest BCUT2D eigenvalue weighted by Gasteiger charge is 2.14. The van der Waals surface area contributed by atoms with Gasteiger partial charge in [-0.15, -0.1) is 0 Å². The molecule has 114 valence electrons. The summed E-state index contributed by atoms with van der Waals surface area (Å²) in [6.07, 6.45) is 0. The molecule has 22 heavy (non-hydrogen) atoms. The van der Waals surface area contributed by atoms with E-state index in [-0.39, 0.29) is 22.0 Å². The number of anilines is 1. The summed E-state index contributed by atoms with van der Waals surface area (Å²) in [7, 11) is 1.45. The largest absolute Gasteiger partial charge is 0.506 e. The minimum Gasteiger partial charge on any atom is -0.506 e. The van der Waals surface area contributed by atoms with E-state index in [1.807, 2.05) is 0 Å². The van der Waals surface area contributed by atoms with Crippen molar-refractivity contribution in [2.45, 2.75) is 0 Å². The standard InChI is InChI=1S/C14H11ClN2O5/c1-22-13-5-2-8(6-10(13)15)14(19)16-11-4-3-9(17(20)21)7-12(11)18/h2-7,18H,1H3,(H,16,19). The topological polar surface area (TPSA) is 102 Å². The number of phenolic OH excluding ortho intramolecular Hbond substituents is 1. The first-order chi connectivity index (χ1) is 10.4. The summed E-state index contributed by atoms with van der Waals surface area (Å²) in [5, 5.41) is 23.0. The van der Waals surface area contributed by atoms with Crippen molar-refractivity contribution in [2.75, 3.05) is 12.4 Å². The van der Waals surface area contributed by atoms with Gasteiger partial charge in [-0.2, -0.15) is 0 Å². The van der Waals surface area contributed by atoms with Gasteiger partial charge in [0.05, 0.1) is 28.8 Å². The number of hydrogen-bond acceptors (Lipinski definition) is 5. The zero-order valence-corrected chi connectivity index (χ0v) is 12.1. The molecule has 0 saturated heterocycles. The minimum absolute atomic E-state index is 0.0579. The van der Waals surface area contributed by atoms with E-state index in [1.165, 1.54) is 37.4 Å². The molecule has 0 aliphatic heterocycles. The maximum Gasteiger partial charge on any atom is 0.273 e. The molecule has 0 fully saturated rings. The number of ether oxygens (including phenoxy) is 1. The first kappa shape index (κ1) is 15.6. The highest BCUT2D eigenvalue weighted by atomic mass is 35.5. The van der Waals surface area contributed by atoms with Crippen LogP contribution in [0, 0.1) is 10.1 Å². The lowest BCUT2D eigenvalue weighted by molar-refractivity contribution is -0.384. The fourth-order valence-electron chi connectivity index (χ4n) is 1.74. The molecule has 7 nitrogen and oxygen atoms in total. The predicted molar refractivity (Wildman–Crippen MR) is 80.7 cm³/mol. The monoisotopic (exact) mass is 322 g/mol.